The second-order valence-electron chi connectivity index (χ2n) is 5.21. The third-order valence-corrected chi connectivity index (χ3v) is 4.33. The van der Waals surface area contributed by atoms with E-state index in [0.717, 1.165) is 38.0 Å². The molecule has 2 aromatic carbocycles. The van der Waals surface area contributed by atoms with Crippen LogP contribution in [0.5, 0.6) is 11.5 Å². The van der Waals surface area contributed by atoms with Crippen molar-refractivity contribution in [3.05, 3.63) is 58.2 Å². The Morgan fingerprint density at radius 2 is 1.88 bits per heavy atom. The number of halogens is 1. The quantitative estimate of drug-likeness (QED) is 0.691. The molecule has 6 heteroatoms. The van der Waals surface area contributed by atoms with Gasteiger partial charge in [-0.1, -0.05) is 28.1 Å². The highest BCUT2D eigenvalue weighted by Crippen LogP contribution is 2.31. The molecule has 1 heterocycles. The van der Waals surface area contributed by atoms with Crippen LogP contribution < -0.4 is 21.4 Å². The highest BCUT2D eigenvalue weighted by Gasteiger charge is 2.12. The van der Waals surface area contributed by atoms with Gasteiger partial charge in [-0.25, -0.2) is 0 Å². The molecule has 0 aliphatic heterocycles. The number of nitrogen functional groups attached to an aromatic ring is 1. The molecule has 5 nitrogen and oxygen atoms in total. The van der Waals surface area contributed by atoms with Gasteiger partial charge in [0, 0.05) is 22.3 Å². The molecular weight excluding hydrogens is 370 g/mol. The van der Waals surface area contributed by atoms with E-state index >= 15 is 0 Å². The zero-order chi connectivity index (χ0) is 16.4. The maximum atomic E-state index is 6.18. The third kappa shape index (κ3) is 3.44. The Balaban J connectivity index is 0.00000208. The van der Waals surface area contributed by atoms with Gasteiger partial charge in [0.2, 0.25) is 0 Å². The smallest absolute Gasteiger partial charge is 0.126 e. The van der Waals surface area contributed by atoms with Crippen molar-refractivity contribution in [2.24, 2.45) is 0 Å². The lowest BCUT2D eigenvalue weighted by atomic mass is 9.99. The number of pyridine rings is 1. The van der Waals surface area contributed by atoms with Crippen LogP contribution >= 0.6 is 15.9 Å². The number of hydrogen-bond donors (Lipinski definition) is 2. The summed E-state index contributed by atoms with van der Waals surface area (Å²) in [7, 11) is 3.30. The minimum atomic E-state index is 0. The summed E-state index contributed by atoms with van der Waals surface area (Å²) < 4.78 is 11.7. The average molecular weight is 390 g/mol. The van der Waals surface area contributed by atoms with Crippen LogP contribution in [-0.2, 0) is 6.42 Å². The fourth-order valence-corrected chi connectivity index (χ4v) is 2.97. The fraction of sp³-hybridized carbons (Fsp3) is 0.167. The number of benzene rings is 2. The molecule has 0 saturated carbocycles. The predicted molar refractivity (Wildman–Crippen MR) is 101 cm³/mol. The second-order valence-corrected chi connectivity index (χ2v) is 6.12. The maximum Gasteiger partial charge on any atom is 0.126 e. The first kappa shape index (κ1) is 18.0. The molecular formula is C18H20BrN3O2. The minimum absolute atomic E-state index is 0. The Labute approximate surface area is 149 Å². The Morgan fingerprint density at radius 1 is 1.08 bits per heavy atom. The van der Waals surface area contributed by atoms with Crippen molar-refractivity contribution < 1.29 is 9.47 Å². The van der Waals surface area contributed by atoms with E-state index in [1.165, 1.54) is 0 Å². The number of ether oxygens (including phenoxy) is 2. The average Bonchev–Trinajstić information content (AvgIpc) is 2.57. The van der Waals surface area contributed by atoms with Gasteiger partial charge in [-0.15, -0.1) is 0 Å². The van der Waals surface area contributed by atoms with Gasteiger partial charge in [0.05, 0.1) is 31.6 Å². The van der Waals surface area contributed by atoms with E-state index in [4.69, 9.17) is 15.2 Å². The molecule has 0 fully saturated rings. The van der Waals surface area contributed by atoms with Crippen molar-refractivity contribution in [1.82, 2.24) is 11.1 Å². The van der Waals surface area contributed by atoms with Gasteiger partial charge in [-0.3, -0.25) is 4.98 Å². The van der Waals surface area contributed by atoms with E-state index in [0.29, 0.717) is 12.1 Å². The Kier molecular flexibility index (Phi) is 5.64. The molecule has 1 aromatic heterocycles. The number of aromatic nitrogens is 1. The summed E-state index contributed by atoms with van der Waals surface area (Å²) >= 11 is 3.48. The van der Waals surface area contributed by atoms with Crippen molar-refractivity contribution in [3.8, 4) is 11.5 Å². The molecule has 0 bridgehead atoms. The number of anilines is 1. The number of rotatable bonds is 4. The molecule has 0 radical (unpaired) electrons. The van der Waals surface area contributed by atoms with Crippen molar-refractivity contribution in [2.45, 2.75) is 6.42 Å². The molecule has 0 spiro atoms. The van der Waals surface area contributed by atoms with Crippen LogP contribution in [0.1, 0.15) is 11.1 Å². The van der Waals surface area contributed by atoms with Gasteiger partial charge < -0.3 is 21.4 Å². The van der Waals surface area contributed by atoms with Crippen molar-refractivity contribution in [3.63, 3.8) is 0 Å². The summed E-state index contributed by atoms with van der Waals surface area (Å²) in [5, 5.41) is 1.05. The molecule has 0 aliphatic carbocycles. The van der Waals surface area contributed by atoms with Crippen LogP contribution in [0.25, 0.3) is 10.9 Å². The van der Waals surface area contributed by atoms with Crippen molar-refractivity contribution in [1.29, 1.82) is 0 Å². The van der Waals surface area contributed by atoms with Crippen LogP contribution in [0.4, 0.5) is 5.69 Å². The van der Waals surface area contributed by atoms with E-state index in [9.17, 15) is 0 Å². The normalized spacial score (nSPS) is 10.3. The molecule has 0 unspecified atom stereocenters. The summed E-state index contributed by atoms with van der Waals surface area (Å²) in [6.07, 6.45) is 2.37. The lowest BCUT2D eigenvalue weighted by Crippen LogP contribution is -2.01. The molecule has 0 saturated heterocycles. The van der Waals surface area contributed by atoms with Gasteiger partial charge in [0.25, 0.3) is 0 Å². The molecule has 126 valence electrons. The van der Waals surface area contributed by atoms with E-state index < -0.39 is 0 Å². The standard InChI is InChI=1S/C18H17BrN2O2.H3N/c1-22-13-5-3-11(18(9-13)23-2)7-15-14-6-4-12(19)8-17(14)21-10-16(15)20;/h3-6,8-10H,7,20H2,1-2H3;1H3. The van der Waals surface area contributed by atoms with E-state index in [2.05, 4.69) is 20.9 Å². The Morgan fingerprint density at radius 3 is 2.58 bits per heavy atom. The lowest BCUT2D eigenvalue weighted by molar-refractivity contribution is 0.391. The molecule has 3 rings (SSSR count). The molecule has 3 aromatic rings. The molecule has 0 amide bonds. The summed E-state index contributed by atoms with van der Waals surface area (Å²) in [6.45, 7) is 0. The van der Waals surface area contributed by atoms with Gasteiger partial charge in [0.1, 0.15) is 11.5 Å². The highest BCUT2D eigenvalue weighted by atomic mass is 79.9. The van der Waals surface area contributed by atoms with E-state index in [1.807, 2.05) is 36.4 Å². The topological polar surface area (TPSA) is 92.4 Å². The number of fused-ring (bicyclic) bond motifs is 1. The van der Waals surface area contributed by atoms with Crippen LogP contribution in [0, 0.1) is 0 Å². The Hall–Kier alpha value is -2.31. The first-order valence-electron chi connectivity index (χ1n) is 7.16. The molecule has 24 heavy (non-hydrogen) atoms. The number of nitrogens with two attached hydrogens (primary N) is 1. The summed E-state index contributed by atoms with van der Waals surface area (Å²) in [5.41, 5.74) is 9.87. The zero-order valence-electron chi connectivity index (χ0n) is 13.7. The Bertz CT molecular complexity index is 868. The van der Waals surface area contributed by atoms with Crippen LogP contribution in [0.2, 0.25) is 0 Å². The van der Waals surface area contributed by atoms with Gasteiger partial charge in [-0.05, 0) is 29.3 Å². The lowest BCUT2D eigenvalue weighted by Gasteiger charge is -2.13. The molecule has 5 N–H and O–H groups in total. The molecule has 0 atom stereocenters. The van der Waals surface area contributed by atoms with Gasteiger partial charge in [0.15, 0.2) is 0 Å². The fourth-order valence-electron chi connectivity index (χ4n) is 2.62. The van der Waals surface area contributed by atoms with E-state index in [-0.39, 0.29) is 6.15 Å². The van der Waals surface area contributed by atoms with Crippen molar-refractivity contribution >= 4 is 32.5 Å². The molecule has 0 aliphatic rings. The van der Waals surface area contributed by atoms with E-state index in [1.54, 1.807) is 20.4 Å². The first-order valence-corrected chi connectivity index (χ1v) is 7.95. The van der Waals surface area contributed by atoms with Gasteiger partial charge >= 0.3 is 0 Å². The first-order chi connectivity index (χ1) is 11.1. The number of methoxy groups -OCH3 is 2. The van der Waals surface area contributed by atoms with Crippen molar-refractivity contribution in [2.75, 3.05) is 20.0 Å². The monoisotopic (exact) mass is 389 g/mol. The van der Waals surface area contributed by atoms with Crippen LogP contribution in [0.15, 0.2) is 47.1 Å². The SMILES string of the molecule is COc1ccc(Cc2c(N)cnc3cc(Br)ccc23)c(OC)c1.N. The third-order valence-electron chi connectivity index (χ3n) is 3.84. The van der Waals surface area contributed by atoms with Crippen LogP contribution in [-0.4, -0.2) is 19.2 Å². The number of nitrogens with zero attached hydrogens (tertiary/aromatic N) is 1. The zero-order valence-corrected chi connectivity index (χ0v) is 15.3. The summed E-state index contributed by atoms with van der Waals surface area (Å²) in [6, 6.07) is 11.8. The van der Waals surface area contributed by atoms with Gasteiger partial charge in [-0.2, -0.15) is 0 Å². The number of hydrogen-bond acceptors (Lipinski definition) is 5. The minimum Gasteiger partial charge on any atom is -0.497 e. The second kappa shape index (κ2) is 7.51. The largest absolute Gasteiger partial charge is 0.497 e. The van der Waals surface area contributed by atoms with Crippen LogP contribution in [0.3, 0.4) is 0 Å². The maximum absolute atomic E-state index is 6.18. The highest BCUT2D eigenvalue weighted by molar-refractivity contribution is 9.10. The summed E-state index contributed by atoms with van der Waals surface area (Å²) in [4.78, 5) is 4.41. The predicted octanol–water partition coefficient (Wildman–Crippen LogP) is 4.35. The summed E-state index contributed by atoms with van der Waals surface area (Å²) in [5.74, 6) is 1.55.